The highest BCUT2D eigenvalue weighted by molar-refractivity contribution is 7.53. The van der Waals surface area contributed by atoms with Crippen molar-refractivity contribution in [3.63, 3.8) is 0 Å². The van der Waals surface area contributed by atoms with Crippen LogP contribution in [0, 0.1) is 0 Å². The Morgan fingerprint density at radius 1 is 1.13 bits per heavy atom. The van der Waals surface area contributed by atoms with Gasteiger partial charge in [-0.2, -0.15) is 0 Å². The monoisotopic (exact) mass is 470 g/mol. The average molecular weight is 471 g/mol. The van der Waals surface area contributed by atoms with Gasteiger partial charge >= 0.3 is 7.60 Å². The molecule has 0 amide bonds. The SMILES string of the molecule is CCCCCc1cc(OP(C)OCC)c(C2C=C(C)CCC2)c(OP(C)(=O)OCC)c1. The molecule has 1 aliphatic carbocycles. The second-order valence-electron chi connectivity index (χ2n) is 8.20. The Bertz CT molecular complexity index is 777. The van der Waals surface area contributed by atoms with Gasteiger partial charge in [-0.1, -0.05) is 31.4 Å². The van der Waals surface area contributed by atoms with E-state index in [1.54, 1.807) is 6.66 Å². The second kappa shape index (κ2) is 13.0. The lowest BCUT2D eigenvalue weighted by atomic mass is 9.84. The third kappa shape index (κ3) is 8.54. The molecule has 0 bridgehead atoms. The van der Waals surface area contributed by atoms with Crippen molar-refractivity contribution < 1.29 is 22.7 Å². The van der Waals surface area contributed by atoms with E-state index in [-0.39, 0.29) is 5.92 Å². The minimum absolute atomic E-state index is 0.162. The van der Waals surface area contributed by atoms with Crippen molar-refractivity contribution in [1.82, 2.24) is 0 Å². The lowest BCUT2D eigenvalue weighted by molar-refractivity contribution is 0.283. The van der Waals surface area contributed by atoms with E-state index < -0.39 is 16.0 Å². The van der Waals surface area contributed by atoms with Gasteiger partial charge < -0.3 is 18.1 Å². The first-order chi connectivity index (χ1) is 14.8. The first kappa shape index (κ1) is 26.4. The van der Waals surface area contributed by atoms with E-state index in [1.165, 1.54) is 12.0 Å². The van der Waals surface area contributed by atoms with E-state index in [0.29, 0.717) is 19.0 Å². The fraction of sp³-hybridized carbons (Fsp3) is 0.667. The largest absolute Gasteiger partial charge is 0.447 e. The minimum Gasteiger partial charge on any atom is -0.447 e. The Kier molecular flexibility index (Phi) is 11.1. The summed E-state index contributed by atoms with van der Waals surface area (Å²) in [6, 6.07) is 4.18. The molecule has 0 spiro atoms. The van der Waals surface area contributed by atoms with Gasteiger partial charge in [0, 0.05) is 24.8 Å². The van der Waals surface area contributed by atoms with Crippen LogP contribution < -0.4 is 9.05 Å². The highest BCUT2D eigenvalue weighted by Gasteiger charge is 2.28. The fourth-order valence-electron chi connectivity index (χ4n) is 4.02. The molecule has 176 valence electrons. The van der Waals surface area contributed by atoms with Crippen LogP contribution in [0.5, 0.6) is 11.5 Å². The van der Waals surface area contributed by atoms with Crippen LogP contribution in [0.1, 0.15) is 83.3 Å². The highest BCUT2D eigenvalue weighted by Crippen LogP contribution is 2.52. The molecule has 31 heavy (non-hydrogen) atoms. The average Bonchev–Trinajstić information content (AvgIpc) is 2.68. The van der Waals surface area contributed by atoms with E-state index in [4.69, 9.17) is 18.1 Å². The second-order valence-corrected chi connectivity index (χ2v) is 11.5. The number of unbranched alkanes of at least 4 members (excludes halogenated alkanes) is 2. The molecule has 0 aliphatic heterocycles. The zero-order valence-electron chi connectivity index (χ0n) is 20.1. The molecule has 2 rings (SSSR count). The third-order valence-corrected chi connectivity index (χ3v) is 7.67. The predicted octanol–water partition coefficient (Wildman–Crippen LogP) is 8.23. The molecule has 7 heteroatoms. The summed E-state index contributed by atoms with van der Waals surface area (Å²) >= 11 is 0. The summed E-state index contributed by atoms with van der Waals surface area (Å²) in [6.07, 6.45) is 9.90. The molecule has 0 N–H and O–H groups in total. The maximum absolute atomic E-state index is 13.0. The predicted molar refractivity (Wildman–Crippen MR) is 131 cm³/mol. The molecule has 0 saturated heterocycles. The first-order valence-corrected chi connectivity index (χ1v) is 15.2. The maximum Gasteiger partial charge on any atom is 0.376 e. The van der Waals surface area contributed by atoms with Crippen LogP contribution >= 0.6 is 16.0 Å². The smallest absolute Gasteiger partial charge is 0.376 e. The molecule has 1 aromatic carbocycles. The van der Waals surface area contributed by atoms with Gasteiger partial charge in [-0.25, -0.2) is 4.57 Å². The zero-order valence-corrected chi connectivity index (χ0v) is 21.9. The summed E-state index contributed by atoms with van der Waals surface area (Å²) in [5.41, 5.74) is 3.47. The molecular weight excluding hydrogens is 430 g/mol. The molecule has 0 saturated carbocycles. The lowest BCUT2D eigenvalue weighted by Crippen LogP contribution is -2.09. The number of hydrogen-bond acceptors (Lipinski definition) is 5. The lowest BCUT2D eigenvalue weighted by Gasteiger charge is -2.27. The molecule has 0 radical (unpaired) electrons. The van der Waals surface area contributed by atoms with Crippen molar-refractivity contribution in [3.05, 3.63) is 34.9 Å². The maximum atomic E-state index is 13.0. The third-order valence-electron chi connectivity index (χ3n) is 5.34. The summed E-state index contributed by atoms with van der Waals surface area (Å²) < 4.78 is 36.6. The van der Waals surface area contributed by atoms with Crippen molar-refractivity contribution in [2.24, 2.45) is 0 Å². The van der Waals surface area contributed by atoms with Crippen LogP contribution in [0.3, 0.4) is 0 Å². The molecule has 1 aromatic rings. The van der Waals surface area contributed by atoms with Crippen molar-refractivity contribution >= 4 is 16.0 Å². The summed E-state index contributed by atoms with van der Waals surface area (Å²) in [6.45, 7) is 12.6. The topological polar surface area (TPSA) is 54.0 Å². The van der Waals surface area contributed by atoms with Gasteiger partial charge in [-0.3, -0.25) is 0 Å². The summed E-state index contributed by atoms with van der Waals surface area (Å²) in [5, 5.41) is 0. The molecule has 0 aromatic heterocycles. The van der Waals surface area contributed by atoms with Crippen LogP contribution in [-0.4, -0.2) is 26.5 Å². The van der Waals surface area contributed by atoms with Gasteiger partial charge in [-0.05, 0) is 70.6 Å². The van der Waals surface area contributed by atoms with Crippen LogP contribution in [0.25, 0.3) is 0 Å². The quantitative estimate of drug-likeness (QED) is 0.165. The van der Waals surface area contributed by atoms with Gasteiger partial charge in [0.25, 0.3) is 0 Å². The van der Waals surface area contributed by atoms with Gasteiger partial charge in [0.2, 0.25) is 8.38 Å². The van der Waals surface area contributed by atoms with Gasteiger partial charge in [0.15, 0.2) is 0 Å². The molecule has 1 aliphatic rings. The summed E-state index contributed by atoms with van der Waals surface area (Å²) in [5.74, 6) is 1.58. The Morgan fingerprint density at radius 2 is 1.87 bits per heavy atom. The van der Waals surface area contributed by atoms with E-state index in [1.807, 2.05) is 26.6 Å². The highest BCUT2D eigenvalue weighted by atomic mass is 31.2. The van der Waals surface area contributed by atoms with Crippen LogP contribution in [0.4, 0.5) is 0 Å². The Morgan fingerprint density at radius 3 is 2.52 bits per heavy atom. The number of benzene rings is 1. The van der Waals surface area contributed by atoms with Crippen LogP contribution in [0.2, 0.25) is 0 Å². The fourth-order valence-corrected chi connectivity index (χ4v) is 5.89. The van der Waals surface area contributed by atoms with E-state index in [2.05, 4.69) is 26.0 Å². The molecule has 3 atom stereocenters. The molecule has 0 fully saturated rings. The summed E-state index contributed by atoms with van der Waals surface area (Å²) in [7, 11) is -4.29. The first-order valence-electron chi connectivity index (χ1n) is 11.6. The number of hydrogen-bond donors (Lipinski definition) is 0. The Balaban J connectivity index is 2.55. The van der Waals surface area contributed by atoms with Gasteiger partial charge in [0.1, 0.15) is 11.5 Å². The van der Waals surface area contributed by atoms with E-state index >= 15 is 0 Å². The van der Waals surface area contributed by atoms with Gasteiger partial charge in [-0.15, -0.1) is 0 Å². The number of rotatable bonds is 13. The van der Waals surface area contributed by atoms with Crippen LogP contribution in [-0.2, 0) is 20.0 Å². The molecule has 0 heterocycles. The van der Waals surface area contributed by atoms with E-state index in [0.717, 1.165) is 55.4 Å². The normalized spacial score (nSPS) is 19.4. The Labute approximate surface area is 190 Å². The van der Waals surface area contributed by atoms with Crippen molar-refractivity contribution in [2.45, 2.75) is 78.6 Å². The molecular formula is C24H40O5P2. The molecule has 3 unspecified atom stereocenters. The molecule has 5 nitrogen and oxygen atoms in total. The number of allylic oxidation sites excluding steroid dienone is 2. The van der Waals surface area contributed by atoms with Crippen LogP contribution in [0.15, 0.2) is 23.8 Å². The summed E-state index contributed by atoms with van der Waals surface area (Å²) in [4.78, 5) is 0. The number of aryl methyl sites for hydroxylation is 1. The van der Waals surface area contributed by atoms with Crippen molar-refractivity contribution in [1.29, 1.82) is 0 Å². The van der Waals surface area contributed by atoms with Crippen molar-refractivity contribution in [3.8, 4) is 11.5 Å². The standard InChI is InChI=1S/C24H40O5P2/c1-7-10-11-14-20-17-22(28-30(5)26-8-2)24(21-15-12-13-19(4)16-21)23(18-20)29-31(6,25)27-9-3/h16-18,21H,7-15H2,1-6H3. The minimum atomic E-state index is -3.23. The van der Waals surface area contributed by atoms with E-state index in [9.17, 15) is 4.57 Å². The zero-order chi connectivity index (χ0) is 22.9. The van der Waals surface area contributed by atoms with Gasteiger partial charge in [0.05, 0.1) is 13.2 Å². The Hall–Kier alpha value is -0.860. The van der Waals surface area contributed by atoms with Crippen molar-refractivity contribution in [2.75, 3.05) is 26.5 Å².